The van der Waals surface area contributed by atoms with E-state index >= 15 is 0 Å². The Morgan fingerprint density at radius 3 is 2.53 bits per heavy atom. The van der Waals surface area contributed by atoms with Crippen molar-refractivity contribution in [2.45, 2.75) is 32.3 Å². The summed E-state index contributed by atoms with van der Waals surface area (Å²) < 4.78 is 5.13. The molecule has 2 N–H and O–H groups in total. The first-order chi connectivity index (χ1) is 8.04. The van der Waals surface area contributed by atoms with Crippen molar-refractivity contribution in [3.63, 3.8) is 0 Å². The Bertz CT molecular complexity index is 364. The van der Waals surface area contributed by atoms with E-state index in [1.54, 1.807) is 19.2 Å². The first-order valence-electron chi connectivity index (χ1n) is 5.84. The van der Waals surface area contributed by atoms with Crippen LogP contribution < -0.4 is 10.1 Å². The summed E-state index contributed by atoms with van der Waals surface area (Å²) >= 11 is 6.07. The number of halogens is 1. The highest BCUT2D eigenvalue weighted by Gasteiger charge is 2.21. The van der Waals surface area contributed by atoms with Gasteiger partial charge in [0.1, 0.15) is 5.75 Å². The molecular formula is C13H20ClNO2. The molecule has 0 spiro atoms. The maximum absolute atomic E-state index is 10.2. The molecule has 3 nitrogen and oxygen atoms in total. The van der Waals surface area contributed by atoms with Gasteiger partial charge in [-0.15, -0.1) is 0 Å². The van der Waals surface area contributed by atoms with Gasteiger partial charge >= 0.3 is 0 Å². The number of benzene rings is 1. The molecular weight excluding hydrogens is 238 g/mol. The number of aliphatic hydroxyl groups is 1. The van der Waals surface area contributed by atoms with Crippen LogP contribution in [-0.4, -0.2) is 24.4 Å². The Morgan fingerprint density at radius 2 is 2.00 bits per heavy atom. The predicted molar refractivity (Wildman–Crippen MR) is 72.0 cm³/mol. The molecule has 0 amide bonds. The van der Waals surface area contributed by atoms with Gasteiger partial charge in [-0.2, -0.15) is 0 Å². The van der Waals surface area contributed by atoms with Crippen molar-refractivity contribution in [2.24, 2.45) is 0 Å². The number of hydrogen-bond donors (Lipinski definition) is 2. The molecule has 0 bridgehead atoms. The Hall–Kier alpha value is -0.930. The molecule has 0 fully saturated rings. The second-order valence-electron chi connectivity index (χ2n) is 4.13. The molecule has 0 aliphatic heterocycles. The van der Waals surface area contributed by atoms with Gasteiger partial charge in [0.25, 0.3) is 0 Å². The Labute approximate surface area is 108 Å². The van der Waals surface area contributed by atoms with E-state index in [0.717, 1.165) is 11.4 Å². The minimum Gasteiger partial charge on any atom is -0.497 e. The van der Waals surface area contributed by atoms with Gasteiger partial charge in [0.2, 0.25) is 0 Å². The Morgan fingerprint density at radius 1 is 1.35 bits per heavy atom. The van der Waals surface area contributed by atoms with E-state index in [1.165, 1.54) is 0 Å². The lowest BCUT2D eigenvalue weighted by atomic mass is 9.97. The highest BCUT2D eigenvalue weighted by Crippen LogP contribution is 2.27. The van der Waals surface area contributed by atoms with Gasteiger partial charge in [-0.05, 0) is 25.0 Å². The molecule has 96 valence electrons. The molecule has 0 saturated carbocycles. The number of hydrogen-bond acceptors (Lipinski definition) is 3. The predicted octanol–water partition coefficient (Wildman–Crippen LogP) is 3.31. The van der Waals surface area contributed by atoms with Crippen LogP contribution in [0.4, 0.5) is 5.69 Å². The minimum absolute atomic E-state index is 0.479. The van der Waals surface area contributed by atoms with E-state index in [4.69, 9.17) is 16.3 Å². The van der Waals surface area contributed by atoms with Crippen molar-refractivity contribution >= 4 is 17.3 Å². The average molecular weight is 258 g/mol. The largest absolute Gasteiger partial charge is 0.497 e. The van der Waals surface area contributed by atoms with Crippen molar-refractivity contribution in [2.75, 3.05) is 19.0 Å². The summed E-state index contributed by atoms with van der Waals surface area (Å²) in [5, 5.41) is 14.0. The lowest BCUT2D eigenvalue weighted by Crippen LogP contribution is -2.35. The highest BCUT2D eigenvalue weighted by molar-refractivity contribution is 6.33. The second-order valence-corrected chi connectivity index (χ2v) is 4.54. The number of rotatable bonds is 6. The highest BCUT2D eigenvalue weighted by atomic mass is 35.5. The summed E-state index contributed by atoms with van der Waals surface area (Å²) in [6, 6.07) is 5.41. The monoisotopic (exact) mass is 257 g/mol. The van der Waals surface area contributed by atoms with E-state index < -0.39 is 5.60 Å². The topological polar surface area (TPSA) is 41.5 Å². The molecule has 1 aromatic carbocycles. The third-order valence-electron chi connectivity index (χ3n) is 3.10. The van der Waals surface area contributed by atoms with Crippen LogP contribution >= 0.6 is 11.6 Å². The summed E-state index contributed by atoms with van der Waals surface area (Å²) in [4.78, 5) is 0. The van der Waals surface area contributed by atoms with Crippen LogP contribution in [0.15, 0.2) is 18.2 Å². The van der Waals surface area contributed by atoms with Crippen molar-refractivity contribution in [3.05, 3.63) is 23.2 Å². The maximum Gasteiger partial charge on any atom is 0.121 e. The van der Waals surface area contributed by atoms with Gasteiger partial charge in [-0.25, -0.2) is 0 Å². The van der Waals surface area contributed by atoms with Gasteiger partial charge in [-0.3, -0.25) is 0 Å². The quantitative estimate of drug-likeness (QED) is 0.822. The van der Waals surface area contributed by atoms with E-state index in [9.17, 15) is 5.11 Å². The smallest absolute Gasteiger partial charge is 0.121 e. The van der Waals surface area contributed by atoms with Crippen LogP contribution in [0.5, 0.6) is 5.75 Å². The molecule has 0 atom stereocenters. The van der Waals surface area contributed by atoms with Gasteiger partial charge in [0, 0.05) is 12.6 Å². The van der Waals surface area contributed by atoms with Gasteiger partial charge < -0.3 is 15.2 Å². The summed E-state index contributed by atoms with van der Waals surface area (Å²) in [6.45, 7) is 4.42. The first kappa shape index (κ1) is 14.1. The van der Waals surface area contributed by atoms with E-state index in [2.05, 4.69) is 5.32 Å². The molecule has 1 aromatic rings. The van der Waals surface area contributed by atoms with E-state index in [1.807, 2.05) is 19.9 Å². The zero-order chi connectivity index (χ0) is 12.9. The van der Waals surface area contributed by atoms with Crippen LogP contribution in [0.1, 0.15) is 26.7 Å². The third-order valence-corrected chi connectivity index (χ3v) is 3.43. The maximum atomic E-state index is 10.2. The van der Waals surface area contributed by atoms with Crippen LogP contribution in [0.3, 0.4) is 0 Å². The normalized spacial score (nSPS) is 11.4. The molecule has 0 saturated heterocycles. The van der Waals surface area contributed by atoms with Crippen LogP contribution in [0.25, 0.3) is 0 Å². The molecule has 1 rings (SSSR count). The second kappa shape index (κ2) is 6.12. The summed E-state index contributed by atoms with van der Waals surface area (Å²) in [7, 11) is 1.61. The molecule has 0 unspecified atom stereocenters. The molecule has 0 radical (unpaired) electrons. The van der Waals surface area contributed by atoms with Crippen molar-refractivity contribution in [3.8, 4) is 5.75 Å². The van der Waals surface area contributed by atoms with Crippen molar-refractivity contribution in [1.82, 2.24) is 0 Å². The zero-order valence-corrected chi connectivity index (χ0v) is 11.3. The number of methoxy groups -OCH3 is 1. The molecule has 0 aliphatic rings. The van der Waals surface area contributed by atoms with Crippen LogP contribution in [0.2, 0.25) is 5.02 Å². The van der Waals surface area contributed by atoms with Crippen LogP contribution in [-0.2, 0) is 0 Å². The Balaban J connectivity index is 2.74. The first-order valence-corrected chi connectivity index (χ1v) is 6.22. The number of anilines is 1. The fourth-order valence-electron chi connectivity index (χ4n) is 1.53. The zero-order valence-electron chi connectivity index (χ0n) is 10.6. The number of nitrogens with one attached hydrogen (secondary N) is 1. The van der Waals surface area contributed by atoms with Gasteiger partial charge in [-0.1, -0.05) is 25.4 Å². The fraction of sp³-hybridized carbons (Fsp3) is 0.538. The third kappa shape index (κ3) is 3.79. The molecule has 0 aromatic heterocycles. The van der Waals surface area contributed by atoms with Crippen LogP contribution in [0, 0.1) is 0 Å². The minimum atomic E-state index is -0.688. The molecule has 0 aliphatic carbocycles. The van der Waals surface area contributed by atoms with E-state index in [0.29, 0.717) is 24.4 Å². The summed E-state index contributed by atoms with van der Waals surface area (Å²) in [5.41, 5.74) is 0.0956. The molecule has 0 heterocycles. The lowest BCUT2D eigenvalue weighted by molar-refractivity contribution is 0.0457. The van der Waals surface area contributed by atoms with Crippen molar-refractivity contribution in [1.29, 1.82) is 0 Å². The molecule has 17 heavy (non-hydrogen) atoms. The lowest BCUT2D eigenvalue weighted by Gasteiger charge is -2.26. The Kier molecular flexibility index (Phi) is 5.09. The molecule has 4 heteroatoms. The van der Waals surface area contributed by atoms with Gasteiger partial charge in [0.15, 0.2) is 0 Å². The summed E-state index contributed by atoms with van der Waals surface area (Å²) in [5.74, 6) is 0.744. The van der Waals surface area contributed by atoms with Crippen molar-refractivity contribution < 1.29 is 9.84 Å². The standard InChI is InChI=1S/C13H20ClNO2/c1-4-13(16,5-2)9-15-12-8-10(17-3)6-7-11(12)14/h6-8,15-16H,4-5,9H2,1-3H3. The SMILES string of the molecule is CCC(O)(CC)CNc1cc(OC)ccc1Cl. The van der Waals surface area contributed by atoms with E-state index in [-0.39, 0.29) is 0 Å². The number of ether oxygens (including phenoxy) is 1. The van der Waals surface area contributed by atoms with Gasteiger partial charge in [0.05, 0.1) is 23.4 Å². The average Bonchev–Trinajstić information content (AvgIpc) is 2.37. The fourth-order valence-corrected chi connectivity index (χ4v) is 1.71. The summed E-state index contributed by atoms with van der Waals surface area (Å²) in [6.07, 6.45) is 1.41.